The molecule has 1 aromatic rings. The van der Waals surface area contributed by atoms with Gasteiger partial charge in [0.1, 0.15) is 0 Å². The summed E-state index contributed by atoms with van der Waals surface area (Å²) in [6.45, 7) is 0. The second kappa shape index (κ2) is 3.84. The Hall–Kier alpha value is -1.65. The van der Waals surface area contributed by atoms with Crippen LogP contribution >= 0.6 is 0 Å². The molecule has 1 aliphatic rings. The molecule has 0 radical (unpaired) electrons. The summed E-state index contributed by atoms with van der Waals surface area (Å²) in [7, 11) is 0. The number of carboxylic acids is 1. The van der Waals surface area contributed by atoms with Crippen LogP contribution in [0.15, 0.2) is 10.9 Å². The Bertz CT molecular complexity index is 435. The molecule has 2 rings (SSSR count). The molecule has 1 aromatic heterocycles. The normalized spacial score (nSPS) is 16.0. The van der Waals surface area contributed by atoms with Crippen LogP contribution in [0.5, 0.6) is 0 Å². The lowest BCUT2D eigenvalue weighted by atomic mass is 9.82. The Kier molecular flexibility index (Phi) is 2.53. The molecule has 1 heterocycles. The highest BCUT2D eigenvalue weighted by molar-refractivity contribution is 5.69. The lowest BCUT2D eigenvalue weighted by Crippen LogP contribution is -2.21. The van der Waals surface area contributed by atoms with Crippen molar-refractivity contribution in [3.8, 4) is 0 Å². The van der Waals surface area contributed by atoms with Crippen molar-refractivity contribution in [2.24, 2.45) is 0 Å². The number of hydrogen-bond donors (Lipinski definition) is 2. The summed E-state index contributed by atoms with van der Waals surface area (Å²) in [5.41, 5.74) is 0.723. The minimum atomic E-state index is -0.948. The van der Waals surface area contributed by atoms with Gasteiger partial charge in [-0.15, -0.1) is 0 Å². The van der Waals surface area contributed by atoms with Gasteiger partial charge in [0.15, 0.2) is 0 Å². The molecule has 0 spiro atoms. The van der Waals surface area contributed by atoms with Crippen molar-refractivity contribution < 1.29 is 9.90 Å². The molecule has 0 aliphatic heterocycles. The summed E-state index contributed by atoms with van der Waals surface area (Å²) in [5.74, 6) is -0.601. The van der Waals surface area contributed by atoms with Gasteiger partial charge in [-0.25, -0.2) is 4.79 Å². The number of H-pyrrole nitrogens is 1. The summed E-state index contributed by atoms with van der Waals surface area (Å²) in [6, 6.07) is 1.69. The fourth-order valence-corrected chi connectivity index (χ4v) is 1.70. The van der Waals surface area contributed by atoms with Gasteiger partial charge in [-0.1, -0.05) is 6.42 Å². The Morgan fingerprint density at radius 2 is 2.33 bits per heavy atom. The number of aromatic nitrogens is 2. The van der Waals surface area contributed by atoms with E-state index in [9.17, 15) is 9.59 Å². The zero-order valence-electron chi connectivity index (χ0n) is 8.19. The maximum Gasteiger partial charge on any atom is 0.345 e. The molecule has 0 saturated heterocycles. The fraction of sp³-hybridized carbons (Fsp3) is 0.500. The van der Waals surface area contributed by atoms with E-state index in [-0.39, 0.29) is 6.42 Å². The van der Waals surface area contributed by atoms with Crippen LogP contribution in [0.25, 0.3) is 0 Å². The summed E-state index contributed by atoms with van der Waals surface area (Å²) < 4.78 is 0. The molecule has 15 heavy (non-hydrogen) atoms. The first-order valence-electron chi connectivity index (χ1n) is 4.97. The molecule has 0 aromatic carbocycles. The predicted octanol–water partition coefficient (Wildman–Crippen LogP) is 0.665. The summed E-state index contributed by atoms with van der Waals surface area (Å²) in [4.78, 5) is 28.0. The minimum absolute atomic E-state index is 0.155. The number of nitrogens with zero attached hydrogens (tertiary/aromatic N) is 1. The summed E-state index contributed by atoms with van der Waals surface area (Å²) in [5, 5.41) is 8.62. The van der Waals surface area contributed by atoms with Gasteiger partial charge >= 0.3 is 11.7 Å². The molecule has 2 N–H and O–H groups in total. The van der Waals surface area contributed by atoms with Gasteiger partial charge in [0, 0.05) is 11.6 Å². The van der Waals surface area contributed by atoms with Crippen LogP contribution < -0.4 is 5.69 Å². The Morgan fingerprint density at radius 1 is 1.60 bits per heavy atom. The smallest absolute Gasteiger partial charge is 0.345 e. The molecular weight excluding hydrogens is 196 g/mol. The molecule has 0 amide bonds. The lowest BCUT2D eigenvalue weighted by Gasteiger charge is -2.24. The Balaban J connectivity index is 2.27. The van der Waals surface area contributed by atoms with Crippen LogP contribution in [0.1, 0.15) is 36.6 Å². The van der Waals surface area contributed by atoms with Gasteiger partial charge < -0.3 is 10.1 Å². The molecule has 0 unspecified atom stereocenters. The number of carboxylic acid groups (broad SMARTS) is 1. The Labute approximate surface area is 86.2 Å². The van der Waals surface area contributed by atoms with E-state index in [1.807, 2.05) is 0 Å². The van der Waals surface area contributed by atoms with Crippen molar-refractivity contribution in [1.82, 2.24) is 9.97 Å². The average molecular weight is 208 g/mol. The first kappa shape index (κ1) is 9.89. The molecule has 1 aliphatic carbocycles. The zero-order chi connectivity index (χ0) is 10.8. The number of aromatic amines is 1. The van der Waals surface area contributed by atoms with E-state index in [2.05, 4.69) is 9.97 Å². The predicted molar refractivity (Wildman–Crippen MR) is 52.8 cm³/mol. The van der Waals surface area contributed by atoms with Gasteiger partial charge in [0.05, 0.1) is 12.1 Å². The monoisotopic (exact) mass is 208 g/mol. The van der Waals surface area contributed by atoms with E-state index < -0.39 is 11.7 Å². The molecule has 5 nitrogen and oxygen atoms in total. The fourth-order valence-electron chi connectivity index (χ4n) is 1.70. The lowest BCUT2D eigenvalue weighted by molar-refractivity contribution is -0.136. The molecule has 80 valence electrons. The molecule has 5 heteroatoms. The van der Waals surface area contributed by atoms with E-state index in [1.165, 1.54) is 0 Å². The quantitative estimate of drug-likeness (QED) is 0.764. The second-order valence-electron chi connectivity index (χ2n) is 3.83. The van der Waals surface area contributed by atoms with Gasteiger partial charge in [-0.2, -0.15) is 4.98 Å². The zero-order valence-corrected chi connectivity index (χ0v) is 8.19. The molecular formula is C10H12N2O3. The van der Waals surface area contributed by atoms with Crippen molar-refractivity contribution in [2.75, 3.05) is 0 Å². The maximum atomic E-state index is 11.2. The van der Waals surface area contributed by atoms with Crippen molar-refractivity contribution in [2.45, 2.75) is 31.6 Å². The maximum absolute atomic E-state index is 11.2. The number of aliphatic carboxylic acids is 1. The molecule has 0 bridgehead atoms. The third-order valence-electron chi connectivity index (χ3n) is 2.69. The number of nitrogens with one attached hydrogen (secondary N) is 1. The van der Waals surface area contributed by atoms with E-state index >= 15 is 0 Å². The van der Waals surface area contributed by atoms with Crippen molar-refractivity contribution in [3.05, 3.63) is 27.9 Å². The standard InChI is InChI=1S/C10H12N2O3/c13-9(14)5-7-4-8(6-2-1-3-6)12-10(15)11-7/h4,6H,1-3,5H2,(H,13,14)(H,11,12,15). The highest BCUT2D eigenvalue weighted by atomic mass is 16.4. The number of hydrogen-bond acceptors (Lipinski definition) is 3. The van der Waals surface area contributed by atoms with E-state index in [1.54, 1.807) is 6.07 Å². The highest BCUT2D eigenvalue weighted by Crippen LogP contribution is 2.34. The Morgan fingerprint density at radius 3 is 2.87 bits per heavy atom. The van der Waals surface area contributed by atoms with Crippen LogP contribution in [0.3, 0.4) is 0 Å². The highest BCUT2D eigenvalue weighted by Gasteiger charge is 2.21. The molecule has 0 atom stereocenters. The topological polar surface area (TPSA) is 83.0 Å². The van der Waals surface area contributed by atoms with Crippen LogP contribution in [-0.4, -0.2) is 21.0 Å². The van der Waals surface area contributed by atoms with E-state index in [4.69, 9.17) is 5.11 Å². The van der Waals surface area contributed by atoms with E-state index in [0.29, 0.717) is 11.6 Å². The van der Waals surface area contributed by atoms with Gasteiger partial charge in [0.25, 0.3) is 0 Å². The minimum Gasteiger partial charge on any atom is -0.481 e. The molecule has 1 fully saturated rings. The summed E-state index contributed by atoms with van der Waals surface area (Å²) >= 11 is 0. The van der Waals surface area contributed by atoms with Crippen molar-refractivity contribution in [1.29, 1.82) is 0 Å². The van der Waals surface area contributed by atoms with Crippen LogP contribution in [0.4, 0.5) is 0 Å². The van der Waals surface area contributed by atoms with Gasteiger partial charge in [-0.3, -0.25) is 4.79 Å². The van der Waals surface area contributed by atoms with Crippen LogP contribution in [-0.2, 0) is 11.2 Å². The second-order valence-corrected chi connectivity index (χ2v) is 3.83. The first-order valence-corrected chi connectivity index (χ1v) is 4.97. The van der Waals surface area contributed by atoms with Crippen molar-refractivity contribution >= 4 is 5.97 Å². The number of carbonyl (C=O) groups is 1. The SMILES string of the molecule is O=C(O)Cc1cc(C2CCC2)nc(=O)[nH]1. The van der Waals surface area contributed by atoms with Gasteiger partial charge in [0.2, 0.25) is 0 Å². The largest absolute Gasteiger partial charge is 0.481 e. The average Bonchev–Trinajstić information content (AvgIpc) is 1.96. The third-order valence-corrected chi connectivity index (χ3v) is 2.69. The van der Waals surface area contributed by atoms with E-state index in [0.717, 1.165) is 25.0 Å². The first-order chi connectivity index (χ1) is 7.15. The van der Waals surface area contributed by atoms with Gasteiger partial charge in [-0.05, 0) is 18.9 Å². The number of rotatable bonds is 3. The summed E-state index contributed by atoms with van der Waals surface area (Å²) in [6.07, 6.45) is 3.09. The van der Waals surface area contributed by atoms with Crippen molar-refractivity contribution in [3.63, 3.8) is 0 Å². The third kappa shape index (κ3) is 2.23. The van der Waals surface area contributed by atoms with Crippen LogP contribution in [0, 0.1) is 0 Å². The molecule has 1 saturated carbocycles. The van der Waals surface area contributed by atoms with Crippen LogP contribution in [0.2, 0.25) is 0 Å².